The number of benzene rings is 1. The molecular weight excluding hydrogens is 315 g/mol. The zero-order valence-corrected chi connectivity index (χ0v) is 14.6. The molecule has 0 fully saturated rings. The smallest absolute Gasteiger partial charge is 0.325 e. The number of halogens is 1. The lowest BCUT2D eigenvalue weighted by Crippen LogP contribution is -2.48. The van der Waals surface area contributed by atoms with Crippen LogP contribution in [0.4, 0.5) is 10.1 Å². The summed E-state index contributed by atoms with van der Waals surface area (Å²) in [4.78, 5) is 36.7. The number of amides is 2. The zero-order chi connectivity index (χ0) is 18.5. The first-order valence-corrected chi connectivity index (χ1v) is 7.61. The van der Waals surface area contributed by atoms with Crippen molar-refractivity contribution in [3.05, 3.63) is 29.6 Å². The molecule has 0 unspecified atom stereocenters. The molecule has 0 atom stereocenters. The minimum Gasteiger partial charge on any atom is -0.465 e. The first-order valence-electron chi connectivity index (χ1n) is 7.61. The lowest BCUT2D eigenvalue weighted by molar-refractivity contribution is -0.144. The van der Waals surface area contributed by atoms with Crippen LogP contribution in [0.5, 0.6) is 0 Å². The normalized spacial score (nSPS) is 10.9. The number of nitrogens with one attached hydrogen (secondary N) is 1. The van der Waals surface area contributed by atoms with E-state index in [0.717, 1.165) is 6.07 Å². The van der Waals surface area contributed by atoms with Crippen LogP contribution in [0.1, 0.15) is 45.0 Å². The van der Waals surface area contributed by atoms with Crippen LogP contribution in [-0.4, -0.2) is 41.4 Å². The minimum absolute atomic E-state index is 0.00764. The maximum Gasteiger partial charge on any atom is 0.325 e. The highest BCUT2D eigenvalue weighted by Gasteiger charge is 2.30. The maximum absolute atomic E-state index is 14.0. The van der Waals surface area contributed by atoms with Crippen LogP contribution in [0.25, 0.3) is 0 Å². The third-order valence-electron chi connectivity index (χ3n) is 3.17. The average molecular weight is 338 g/mol. The summed E-state index contributed by atoms with van der Waals surface area (Å²) in [6, 6.07) is 3.76. The van der Waals surface area contributed by atoms with Crippen LogP contribution in [-0.2, 0) is 14.3 Å². The molecule has 132 valence electrons. The number of nitrogens with zero attached hydrogens (tertiary/aromatic N) is 1. The topological polar surface area (TPSA) is 75.7 Å². The highest BCUT2D eigenvalue weighted by atomic mass is 19.1. The monoisotopic (exact) mass is 338 g/mol. The second-order valence-electron chi connectivity index (χ2n) is 6.24. The van der Waals surface area contributed by atoms with Crippen molar-refractivity contribution in [1.82, 2.24) is 4.90 Å². The summed E-state index contributed by atoms with van der Waals surface area (Å²) < 4.78 is 18.9. The second kappa shape index (κ2) is 7.90. The summed E-state index contributed by atoms with van der Waals surface area (Å²) in [6.45, 7) is 8.23. The van der Waals surface area contributed by atoms with Gasteiger partial charge in [-0.1, -0.05) is 0 Å². The standard InChI is InChI=1S/C17H23FN2O4/c1-6-24-15(22)10-20(17(3,4)5)16(23)12-7-8-14(13(18)9-12)19-11(2)21/h7-9H,6,10H2,1-5H3,(H,19,21). The Bertz CT molecular complexity index is 638. The summed E-state index contributed by atoms with van der Waals surface area (Å²) in [7, 11) is 0. The van der Waals surface area contributed by atoms with Crippen molar-refractivity contribution in [2.24, 2.45) is 0 Å². The van der Waals surface area contributed by atoms with Gasteiger partial charge in [0.15, 0.2) is 0 Å². The molecule has 1 aromatic carbocycles. The van der Waals surface area contributed by atoms with Gasteiger partial charge in [0.25, 0.3) is 5.91 Å². The summed E-state index contributed by atoms with van der Waals surface area (Å²) in [5, 5.41) is 2.33. The van der Waals surface area contributed by atoms with Crippen molar-refractivity contribution in [3.63, 3.8) is 0 Å². The van der Waals surface area contributed by atoms with Gasteiger partial charge < -0.3 is 15.0 Å². The summed E-state index contributed by atoms with van der Waals surface area (Å²) >= 11 is 0. The summed E-state index contributed by atoms with van der Waals surface area (Å²) in [5.41, 5.74) is -0.580. The molecular formula is C17H23FN2O4. The van der Waals surface area contributed by atoms with E-state index in [1.807, 2.05) is 0 Å². The van der Waals surface area contributed by atoms with Crippen molar-refractivity contribution >= 4 is 23.5 Å². The van der Waals surface area contributed by atoms with E-state index in [-0.39, 0.29) is 24.4 Å². The molecule has 0 heterocycles. The number of esters is 1. The van der Waals surface area contributed by atoms with E-state index in [1.165, 1.54) is 24.0 Å². The molecule has 24 heavy (non-hydrogen) atoms. The van der Waals surface area contributed by atoms with Crippen molar-refractivity contribution in [2.45, 2.75) is 40.2 Å². The van der Waals surface area contributed by atoms with Crippen LogP contribution in [0.2, 0.25) is 0 Å². The SMILES string of the molecule is CCOC(=O)CN(C(=O)c1ccc(NC(C)=O)c(F)c1)C(C)(C)C. The van der Waals surface area contributed by atoms with Gasteiger partial charge in [0.05, 0.1) is 12.3 Å². The Labute approximate surface area is 141 Å². The number of carbonyl (C=O) groups excluding carboxylic acids is 3. The maximum atomic E-state index is 14.0. The zero-order valence-electron chi connectivity index (χ0n) is 14.6. The molecule has 0 aromatic heterocycles. The molecule has 7 heteroatoms. The largest absolute Gasteiger partial charge is 0.465 e. The Kier molecular flexibility index (Phi) is 6.45. The van der Waals surface area contributed by atoms with Gasteiger partial charge in [-0.2, -0.15) is 0 Å². The summed E-state index contributed by atoms with van der Waals surface area (Å²) in [5.74, 6) is -2.16. The van der Waals surface area contributed by atoms with E-state index in [2.05, 4.69) is 5.32 Å². The van der Waals surface area contributed by atoms with Crippen LogP contribution in [0.15, 0.2) is 18.2 Å². The molecule has 0 saturated heterocycles. The minimum atomic E-state index is -0.721. The molecule has 0 spiro atoms. The molecule has 0 aliphatic rings. The van der Waals surface area contributed by atoms with Crippen molar-refractivity contribution in [2.75, 3.05) is 18.5 Å². The molecule has 0 aliphatic carbocycles. The van der Waals surface area contributed by atoms with Crippen molar-refractivity contribution in [1.29, 1.82) is 0 Å². The highest BCUT2D eigenvalue weighted by molar-refractivity contribution is 5.97. The van der Waals surface area contributed by atoms with Crippen LogP contribution in [0.3, 0.4) is 0 Å². The van der Waals surface area contributed by atoms with E-state index in [0.29, 0.717) is 0 Å². The Balaban J connectivity index is 3.08. The molecule has 1 aromatic rings. The lowest BCUT2D eigenvalue weighted by atomic mass is 10.0. The third-order valence-corrected chi connectivity index (χ3v) is 3.17. The highest BCUT2D eigenvalue weighted by Crippen LogP contribution is 2.21. The van der Waals surface area contributed by atoms with Gasteiger partial charge in [0, 0.05) is 18.0 Å². The van der Waals surface area contributed by atoms with Crippen molar-refractivity contribution < 1.29 is 23.5 Å². The fourth-order valence-electron chi connectivity index (χ4n) is 2.04. The number of rotatable bonds is 5. The first kappa shape index (κ1) is 19.6. The number of hydrogen-bond donors (Lipinski definition) is 1. The fraction of sp³-hybridized carbons (Fsp3) is 0.471. The Morgan fingerprint density at radius 3 is 2.33 bits per heavy atom. The van der Waals surface area contributed by atoms with E-state index in [1.54, 1.807) is 27.7 Å². The Morgan fingerprint density at radius 2 is 1.88 bits per heavy atom. The predicted molar refractivity (Wildman–Crippen MR) is 88.1 cm³/mol. The fourth-order valence-corrected chi connectivity index (χ4v) is 2.04. The van der Waals surface area contributed by atoms with E-state index in [4.69, 9.17) is 4.74 Å². The molecule has 0 aliphatic heterocycles. The van der Waals surface area contributed by atoms with Gasteiger partial charge >= 0.3 is 5.97 Å². The average Bonchev–Trinajstić information content (AvgIpc) is 2.45. The van der Waals surface area contributed by atoms with Crippen molar-refractivity contribution in [3.8, 4) is 0 Å². The molecule has 1 N–H and O–H groups in total. The van der Waals surface area contributed by atoms with Crippen LogP contribution in [0, 0.1) is 5.82 Å². The van der Waals surface area contributed by atoms with Gasteiger partial charge in [0.2, 0.25) is 5.91 Å². The Hall–Kier alpha value is -2.44. The van der Waals surface area contributed by atoms with Crippen LogP contribution >= 0.6 is 0 Å². The predicted octanol–water partition coefficient (Wildman–Crippen LogP) is 2.59. The lowest BCUT2D eigenvalue weighted by Gasteiger charge is -2.35. The Morgan fingerprint density at radius 1 is 1.25 bits per heavy atom. The second-order valence-corrected chi connectivity index (χ2v) is 6.24. The van der Waals surface area contributed by atoms with Gasteiger partial charge in [-0.15, -0.1) is 0 Å². The van der Waals surface area contributed by atoms with E-state index < -0.39 is 29.1 Å². The number of carbonyl (C=O) groups is 3. The molecule has 2 amide bonds. The van der Waals surface area contributed by atoms with Gasteiger partial charge in [-0.25, -0.2) is 4.39 Å². The van der Waals surface area contributed by atoms with Gasteiger partial charge in [-0.05, 0) is 45.9 Å². The van der Waals surface area contributed by atoms with Gasteiger partial charge in [-0.3, -0.25) is 14.4 Å². The van der Waals surface area contributed by atoms with E-state index in [9.17, 15) is 18.8 Å². The first-order chi connectivity index (χ1) is 11.1. The number of anilines is 1. The number of hydrogen-bond acceptors (Lipinski definition) is 4. The molecule has 1 rings (SSSR count). The van der Waals surface area contributed by atoms with Crippen LogP contribution < -0.4 is 5.32 Å². The summed E-state index contributed by atoms with van der Waals surface area (Å²) in [6.07, 6.45) is 0. The number of ether oxygens (including phenoxy) is 1. The molecule has 0 saturated carbocycles. The molecule has 0 bridgehead atoms. The van der Waals surface area contributed by atoms with E-state index >= 15 is 0 Å². The quantitative estimate of drug-likeness (QED) is 0.837. The van der Waals surface area contributed by atoms with Gasteiger partial charge in [0.1, 0.15) is 12.4 Å². The molecule has 0 radical (unpaired) electrons. The molecule has 6 nitrogen and oxygen atoms in total. The third kappa shape index (κ3) is 5.33.